The number of nitrogens with zero attached hydrogens (tertiary/aromatic N) is 1. The van der Waals surface area contributed by atoms with E-state index in [2.05, 4.69) is 6.92 Å². The number of sulfonamides is 1. The van der Waals surface area contributed by atoms with Crippen molar-refractivity contribution in [1.29, 1.82) is 0 Å². The van der Waals surface area contributed by atoms with Crippen molar-refractivity contribution in [2.24, 2.45) is 5.41 Å². The van der Waals surface area contributed by atoms with E-state index in [1.165, 1.54) is 5.56 Å². The summed E-state index contributed by atoms with van der Waals surface area (Å²) in [7, 11) is -3.46. The van der Waals surface area contributed by atoms with Crippen LogP contribution in [0.3, 0.4) is 0 Å². The lowest BCUT2D eigenvalue weighted by Gasteiger charge is -2.41. The lowest BCUT2D eigenvalue weighted by Crippen LogP contribution is -2.49. The third kappa shape index (κ3) is 3.19. The van der Waals surface area contributed by atoms with E-state index in [9.17, 15) is 13.5 Å². The smallest absolute Gasteiger partial charge is 0.243 e. The summed E-state index contributed by atoms with van der Waals surface area (Å²) >= 11 is 0. The summed E-state index contributed by atoms with van der Waals surface area (Å²) in [4.78, 5) is 0.377. The summed E-state index contributed by atoms with van der Waals surface area (Å²) in [6.45, 7) is 3.14. The van der Waals surface area contributed by atoms with Crippen molar-refractivity contribution in [2.75, 3.05) is 13.1 Å². The minimum Gasteiger partial charge on any atom is -0.392 e. The van der Waals surface area contributed by atoms with Gasteiger partial charge in [0.15, 0.2) is 0 Å². The van der Waals surface area contributed by atoms with E-state index in [0.717, 1.165) is 44.9 Å². The first-order chi connectivity index (χ1) is 11.0. The Morgan fingerprint density at radius 1 is 1.22 bits per heavy atom. The van der Waals surface area contributed by atoms with Crippen LogP contribution in [0.25, 0.3) is 0 Å². The Labute approximate surface area is 139 Å². The van der Waals surface area contributed by atoms with Gasteiger partial charge in [-0.25, -0.2) is 8.42 Å². The topological polar surface area (TPSA) is 57.6 Å². The van der Waals surface area contributed by atoms with Gasteiger partial charge in [-0.05, 0) is 49.8 Å². The molecule has 5 heteroatoms. The first-order valence-corrected chi connectivity index (χ1v) is 10.2. The van der Waals surface area contributed by atoms with Crippen LogP contribution in [0.4, 0.5) is 0 Å². The second-order valence-corrected chi connectivity index (χ2v) is 9.04. The van der Waals surface area contributed by atoms with Gasteiger partial charge in [0, 0.05) is 18.5 Å². The number of aliphatic hydroxyl groups is 1. The average Bonchev–Trinajstić information content (AvgIpc) is 2.88. The molecule has 2 atom stereocenters. The zero-order valence-corrected chi connectivity index (χ0v) is 14.7. The predicted octanol–water partition coefficient (Wildman–Crippen LogP) is 2.95. The van der Waals surface area contributed by atoms with E-state index in [4.69, 9.17) is 0 Å². The number of aryl methyl sites for hydroxylation is 1. The average molecular weight is 337 g/mol. The van der Waals surface area contributed by atoms with E-state index in [0.29, 0.717) is 18.0 Å². The highest BCUT2D eigenvalue weighted by Gasteiger charge is 2.47. The number of hydrogen-bond acceptors (Lipinski definition) is 3. The summed E-state index contributed by atoms with van der Waals surface area (Å²) in [5, 5.41) is 10.3. The van der Waals surface area contributed by atoms with Gasteiger partial charge in [-0.15, -0.1) is 0 Å². The van der Waals surface area contributed by atoms with Gasteiger partial charge in [0.1, 0.15) is 0 Å². The van der Waals surface area contributed by atoms with Gasteiger partial charge in [-0.1, -0.05) is 31.9 Å². The molecule has 128 valence electrons. The molecule has 1 N–H and O–H groups in total. The summed E-state index contributed by atoms with van der Waals surface area (Å²) < 4.78 is 27.5. The van der Waals surface area contributed by atoms with Crippen LogP contribution in [0.15, 0.2) is 29.2 Å². The number of rotatable bonds is 4. The van der Waals surface area contributed by atoms with Crippen LogP contribution in [0.5, 0.6) is 0 Å². The fourth-order valence-electron chi connectivity index (χ4n) is 4.18. The Morgan fingerprint density at radius 3 is 2.52 bits per heavy atom. The van der Waals surface area contributed by atoms with Crippen LogP contribution in [-0.4, -0.2) is 37.0 Å². The Bertz CT molecular complexity index is 641. The van der Waals surface area contributed by atoms with E-state index >= 15 is 0 Å². The summed E-state index contributed by atoms with van der Waals surface area (Å²) in [5.41, 5.74) is 0.959. The molecular weight excluding hydrogens is 310 g/mol. The van der Waals surface area contributed by atoms with Crippen molar-refractivity contribution in [3.8, 4) is 0 Å². The second-order valence-electron chi connectivity index (χ2n) is 7.11. The van der Waals surface area contributed by atoms with E-state index < -0.39 is 10.0 Å². The Balaban J connectivity index is 1.81. The largest absolute Gasteiger partial charge is 0.392 e. The molecule has 0 bridgehead atoms. The minimum atomic E-state index is -3.46. The Morgan fingerprint density at radius 2 is 1.91 bits per heavy atom. The van der Waals surface area contributed by atoms with Crippen LogP contribution in [0.2, 0.25) is 0 Å². The van der Waals surface area contributed by atoms with Crippen molar-refractivity contribution >= 4 is 10.0 Å². The molecule has 4 nitrogen and oxygen atoms in total. The fourth-order valence-corrected chi connectivity index (χ4v) is 5.76. The zero-order chi connectivity index (χ0) is 16.5. The molecule has 2 aliphatic rings. The van der Waals surface area contributed by atoms with Gasteiger partial charge < -0.3 is 5.11 Å². The van der Waals surface area contributed by atoms with E-state index in [-0.39, 0.29) is 11.5 Å². The Kier molecular flexibility index (Phi) is 4.81. The molecule has 0 amide bonds. The molecule has 2 fully saturated rings. The van der Waals surface area contributed by atoms with Gasteiger partial charge >= 0.3 is 0 Å². The zero-order valence-electron chi connectivity index (χ0n) is 13.9. The SMILES string of the molecule is CCCc1ccc(S(=O)(=O)N2CCC[C@]3(CCCC3O)C2)cc1. The molecule has 1 aliphatic carbocycles. The van der Waals surface area contributed by atoms with E-state index in [1.807, 2.05) is 12.1 Å². The highest BCUT2D eigenvalue weighted by molar-refractivity contribution is 7.89. The second kappa shape index (κ2) is 6.54. The number of benzene rings is 1. The molecule has 1 aliphatic heterocycles. The number of hydrogen-bond donors (Lipinski definition) is 1. The molecule has 1 unspecified atom stereocenters. The maximum Gasteiger partial charge on any atom is 0.243 e. The monoisotopic (exact) mass is 337 g/mol. The molecule has 23 heavy (non-hydrogen) atoms. The lowest BCUT2D eigenvalue weighted by molar-refractivity contribution is 0.0127. The highest BCUT2D eigenvalue weighted by Crippen LogP contribution is 2.45. The first kappa shape index (κ1) is 16.9. The van der Waals surface area contributed by atoms with Crippen LogP contribution in [0, 0.1) is 5.41 Å². The van der Waals surface area contributed by atoms with Crippen molar-refractivity contribution in [2.45, 2.75) is 62.9 Å². The Hall–Kier alpha value is -0.910. The summed E-state index contributed by atoms with van der Waals surface area (Å²) in [6.07, 6.45) is 6.20. The quantitative estimate of drug-likeness (QED) is 0.919. The van der Waals surface area contributed by atoms with Crippen molar-refractivity contribution in [3.05, 3.63) is 29.8 Å². The molecule has 0 aromatic heterocycles. The van der Waals surface area contributed by atoms with Crippen LogP contribution < -0.4 is 0 Å². The van der Waals surface area contributed by atoms with Gasteiger partial charge in [-0.2, -0.15) is 4.31 Å². The number of aliphatic hydroxyl groups excluding tert-OH is 1. The molecule has 1 heterocycles. The normalized spacial score (nSPS) is 29.2. The summed E-state index contributed by atoms with van der Waals surface area (Å²) in [6, 6.07) is 7.29. The predicted molar refractivity (Wildman–Crippen MR) is 90.7 cm³/mol. The van der Waals surface area contributed by atoms with Gasteiger partial charge in [0.05, 0.1) is 11.0 Å². The molecule has 1 saturated heterocycles. The first-order valence-electron chi connectivity index (χ1n) is 8.75. The highest BCUT2D eigenvalue weighted by atomic mass is 32.2. The van der Waals surface area contributed by atoms with E-state index in [1.54, 1.807) is 16.4 Å². The van der Waals surface area contributed by atoms with Crippen molar-refractivity contribution < 1.29 is 13.5 Å². The maximum atomic E-state index is 12.9. The minimum absolute atomic E-state index is 0.215. The van der Waals surface area contributed by atoms with Crippen LogP contribution >= 0.6 is 0 Å². The molecule has 1 aromatic rings. The molecule has 0 radical (unpaired) electrons. The maximum absolute atomic E-state index is 12.9. The van der Waals surface area contributed by atoms with Gasteiger partial charge in [0.2, 0.25) is 10.0 Å². The van der Waals surface area contributed by atoms with Gasteiger partial charge in [-0.3, -0.25) is 0 Å². The van der Waals surface area contributed by atoms with Crippen LogP contribution in [0.1, 0.15) is 51.0 Å². The third-order valence-corrected chi connectivity index (χ3v) is 7.39. The third-order valence-electron chi connectivity index (χ3n) is 5.53. The molecule has 1 aromatic carbocycles. The fraction of sp³-hybridized carbons (Fsp3) is 0.667. The van der Waals surface area contributed by atoms with Crippen LogP contribution in [-0.2, 0) is 16.4 Å². The molecule has 3 rings (SSSR count). The standard InChI is InChI=1S/C18H27NO3S/c1-2-5-15-7-9-16(10-8-15)23(21,22)19-13-4-12-18(14-19)11-3-6-17(18)20/h7-10,17,20H,2-6,11-14H2,1H3/t17?,18-/m1/s1. The molecular formula is C18H27NO3S. The summed E-state index contributed by atoms with van der Waals surface area (Å²) in [5.74, 6) is 0. The van der Waals surface area contributed by atoms with Crippen molar-refractivity contribution in [1.82, 2.24) is 4.31 Å². The number of piperidine rings is 1. The van der Waals surface area contributed by atoms with Gasteiger partial charge in [0.25, 0.3) is 0 Å². The lowest BCUT2D eigenvalue weighted by atomic mass is 9.77. The molecule has 1 spiro atoms. The molecule has 1 saturated carbocycles. The van der Waals surface area contributed by atoms with Crippen molar-refractivity contribution in [3.63, 3.8) is 0 Å².